The van der Waals surface area contributed by atoms with E-state index in [0.29, 0.717) is 12.6 Å². The fourth-order valence-corrected chi connectivity index (χ4v) is 3.09. The Morgan fingerprint density at radius 3 is 2.87 bits per heavy atom. The van der Waals surface area contributed by atoms with E-state index in [2.05, 4.69) is 5.32 Å². The molecule has 6 heteroatoms. The van der Waals surface area contributed by atoms with Crippen molar-refractivity contribution in [3.05, 3.63) is 35.4 Å². The third kappa shape index (κ3) is 4.26. The second-order valence-corrected chi connectivity index (χ2v) is 6.56. The first-order valence-corrected chi connectivity index (χ1v) is 8.18. The third-order valence-electron chi connectivity index (χ3n) is 4.55. The normalized spacial score (nSPS) is 23.5. The van der Waals surface area contributed by atoms with Crippen molar-refractivity contribution in [1.82, 2.24) is 10.2 Å². The van der Waals surface area contributed by atoms with Crippen molar-refractivity contribution in [3.63, 3.8) is 0 Å². The molecule has 126 valence electrons. The van der Waals surface area contributed by atoms with Gasteiger partial charge in [0.05, 0.1) is 12.0 Å². The SMILES string of the molecule is O=C(NC1CC1)[C@@H]1CCCN(C[C@H](O)c2cc(F)ccc2F)C1. The van der Waals surface area contributed by atoms with Gasteiger partial charge >= 0.3 is 0 Å². The Labute approximate surface area is 134 Å². The Morgan fingerprint density at radius 2 is 2.13 bits per heavy atom. The van der Waals surface area contributed by atoms with Gasteiger partial charge < -0.3 is 10.4 Å². The van der Waals surface area contributed by atoms with E-state index in [-0.39, 0.29) is 23.9 Å². The average molecular weight is 324 g/mol. The molecule has 1 saturated heterocycles. The van der Waals surface area contributed by atoms with Gasteiger partial charge in [-0.2, -0.15) is 0 Å². The molecule has 2 N–H and O–H groups in total. The Kier molecular flexibility index (Phi) is 4.92. The fraction of sp³-hybridized carbons (Fsp3) is 0.588. The summed E-state index contributed by atoms with van der Waals surface area (Å²) < 4.78 is 27.0. The van der Waals surface area contributed by atoms with Gasteiger partial charge in [0, 0.05) is 24.7 Å². The highest BCUT2D eigenvalue weighted by atomic mass is 19.1. The van der Waals surface area contributed by atoms with Gasteiger partial charge in [-0.1, -0.05) is 0 Å². The summed E-state index contributed by atoms with van der Waals surface area (Å²) in [4.78, 5) is 14.1. The van der Waals surface area contributed by atoms with Crippen molar-refractivity contribution in [2.45, 2.75) is 37.8 Å². The van der Waals surface area contributed by atoms with E-state index in [9.17, 15) is 18.7 Å². The number of carbonyl (C=O) groups is 1. The lowest BCUT2D eigenvalue weighted by molar-refractivity contribution is -0.127. The summed E-state index contributed by atoms with van der Waals surface area (Å²) in [5.41, 5.74) is -0.0328. The summed E-state index contributed by atoms with van der Waals surface area (Å²) in [7, 11) is 0. The molecule has 1 aromatic carbocycles. The number of piperidine rings is 1. The maximum atomic E-state index is 13.7. The first-order valence-electron chi connectivity index (χ1n) is 8.18. The first-order chi connectivity index (χ1) is 11.0. The van der Waals surface area contributed by atoms with Crippen molar-refractivity contribution >= 4 is 5.91 Å². The topological polar surface area (TPSA) is 52.6 Å². The molecule has 1 aliphatic heterocycles. The second-order valence-electron chi connectivity index (χ2n) is 6.56. The van der Waals surface area contributed by atoms with Crippen molar-refractivity contribution in [3.8, 4) is 0 Å². The van der Waals surface area contributed by atoms with Crippen molar-refractivity contribution in [2.24, 2.45) is 5.92 Å². The number of aliphatic hydroxyl groups is 1. The van der Waals surface area contributed by atoms with Gasteiger partial charge in [0.1, 0.15) is 11.6 Å². The fourth-order valence-electron chi connectivity index (χ4n) is 3.09. The van der Waals surface area contributed by atoms with Gasteiger partial charge in [0.25, 0.3) is 0 Å². The Bertz CT molecular complexity index is 578. The van der Waals surface area contributed by atoms with Crippen LogP contribution in [-0.2, 0) is 4.79 Å². The zero-order valence-electron chi connectivity index (χ0n) is 13.0. The summed E-state index contributed by atoms with van der Waals surface area (Å²) in [6.07, 6.45) is 2.70. The van der Waals surface area contributed by atoms with Crippen LogP contribution >= 0.6 is 0 Å². The number of rotatable bonds is 5. The number of β-amino-alcohol motifs (C(OH)–C–C–N with tert-alkyl or cyclic N) is 1. The molecule has 1 aromatic rings. The molecule has 4 nitrogen and oxygen atoms in total. The van der Waals surface area contributed by atoms with Crippen molar-refractivity contribution in [1.29, 1.82) is 0 Å². The molecule has 0 radical (unpaired) electrons. The highest BCUT2D eigenvalue weighted by Crippen LogP contribution is 2.24. The molecule has 0 unspecified atom stereocenters. The number of carbonyl (C=O) groups excluding carboxylic acids is 1. The van der Waals surface area contributed by atoms with Crippen LogP contribution in [0, 0.1) is 17.6 Å². The Hall–Kier alpha value is -1.53. The summed E-state index contributed by atoms with van der Waals surface area (Å²) in [6, 6.07) is 3.42. The first kappa shape index (κ1) is 16.3. The molecule has 0 bridgehead atoms. The molecule has 1 heterocycles. The lowest BCUT2D eigenvalue weighted by atomic mass is 9.96. The minimum atomic E-state index is -1.10. The maximum Gasteiger partial charge on any atom is 0.224 e. The number of nitrogens with zero attached hydrogens (tertiary/aromatic N) is 1. The summed E-state index contributed by atoms with van der Waals surface area (Å²) in [6.45, 7) is 1.50. The third-order valence-corrected chi connectivity index (χ3v) is 4.55. The summed E-state index contributed by atoms with van der Waals surface area (Å²) in [5, 5.41) is 13.2. The van der Waals surface area contributed by atoms with E-state index in [0.717, 1.165) is 50.4 Å². The minimum Gasteiger partial charge on any atom is -0.387 e. The van der Waals surface area contributed by atoms with E-state index in [4.69, 9.17) is 0 Å². The van der Waals surface area contributed by atoms with E-state index in [1.807, 2.05) is 4.90 Å². The number of amides is 1. The average Bonchev–Trinajstić information content (AvgIpc) is 3.34. The molecule has 1 saturated carbocycles. The lowest BCUT2D eigenvalue weighted by Gasteiger charge is -2.33. The lowest BCUT2D eigenvalue weighted by Crippen LogP contribution is -2.44. The maximum absolute atomic E-state index is 13.7. The quantitative estimate of drug-likeness (QED) is 0.871. The van der Waals surface area contributed by atoms with E-state index in [1.165, 1.54) is 0 Å². The second kappa shape index (κ2) is 6.93. The van der Waals surface area contributed by atoms with Gasteiger partial charge in [0.15, 0.2) is 0 Å². The van der Waals surface area contributed by atoms with E-state index in [1.54, 1.807) is 0 Å². The zero-order chi connectivity index (χ0) is 16.4. The van der Waals surface area contributed by atoms with Crippen LogP contribution in [0.25, 0.3) is 0 Å². The van der Waals surface area contributed by atoms with E-state index < -0.39 is 17.7 Å². The molecule has 2 atom stereocenters. The van der Waals surface area contributed by atoms with Gasteiger partial charge in [-0.15, -0.1) is 0 Å². The van der Waals surface area contributed by atoms with E-state index >= 15 is 0 Å². The molecule has 2 fully saturated rings. The molecule has 0 spiro atoms. The molecular formula is C17H22F2N2O2. The van der Waals surface area contributed by atoms with Gasteiger partial charge in [-0.25, -0.2) is 8.78 Å². The molecule has 1 amide bonds. The predicted octanol–water partition coefficient (Wildman–Crippen LogP) is 1.99. The highest BCUT2D eigenvalue weighted by molar-refractivity contribution is 5.79. The number of benzene rings is 1. The van der Waals surface area contributed by atoms with Crippen LogP contribution in [0.2, 0.25) is 0 Å². The van der Waals surface area contributed by atoms with Crippen LogP contribution in [-0.4, -0.2) is 41.6 Å². The smallest absolute Gasteiger partial charge is 0.224 e. The monoisotopic (exact) mass is 324 g/mol. The zero-order valence-corrected chi connectivity index (χ0v) is 13.0. The van der Waals surface area contributed by atoms with Crippen LogP contribution in [0.5, 0.6) is 0 Å². The number of nitrogens with one attached hydrogen (secondary N) is 1. The summed E-state index contributed by atoms with van der Waals surface area (Å²) >= 11 is 0. The standard InChI is InChI=1S/C17H22F2N2O2/c18-12-3-6-15(19)14(8-12)16(22)10-21-7-1-2-11(9-21)17(23)20-13-4-5-13/h3,6,8,11,13,16,22H,1-2,4-5,7,9-10H2,(H,20,23)/t11-,16+/m1/s1. The molecule has 0 aromatic heterocycles. The minimum absolute atomic E-state index is 0.0328. The van der Waals surface area contributed by atoms with Crippen LogP contribution in [0.1, 0.15) is 37.4 Å². The molecule has 23 heavy (non-hydrogen) atoms. The van der Waals surface area contributed by atoms with Crippen LogP contribution in [0.4, 0.5) is 8.78 Å². The Morgan fingerprint density at radius 1 is 1.35 bits per heavy atom. The van der Waals surface area contributed by atoms with Gasteiger partial charge in [-0.3, -0.25) is 9.69 Å². The highest BCUT2D eigenvalue weighted by Gasteiger charge is 2.31. The number of aliphatic hydroxyl groups excluding tert-OH is 1. The van der Waals surface area contributed by atoms with Crippen molar-refractivity contribution in [2.75, 3.05) is 19.6 Å². The largest absolute Gasteiger partial charge is 0.387 e. The number of halogens is 2. The van der Waals surface area contributed by atoms with Gasteiger partial charge in [0.2, 0.25) is 5.91 Å². The number of likely N-dealkylation sites (tertiary alicyclic amines) is 1. The van der Waals surface area contributed by atoms with Crippen LogP contribution < -0.4 is 5.32 Å². The number of hydrogen-bond donors (Lipinski definition) is 2. The van der Waals surface area contributed by atoms with Crippen LogP contribution in [0.3, 0.4) is 0 Å². The summed E-state index contributed by atoms with van der Waals surface area (Å²) in [5.74, 6) is -1.20. The molecule has 1 aliphatic carbocycles. The molecular weight excluding hydrogens is 302 g/mol. The molecule has 3 rings (SSSR count). The van der Waals surface area contributed by atoms with Crippen molar-refractivity contribution < 1.29 is 18.7 Å². The number of hydrogen-bond acceptors (Lipinski definition) is 3. The van der Waals surface area contributed by atoms with Gasteiger partial charge in [-0.05, 0) is 50.4 Å². The Balaban J connectivity index is 1.58. The molecule has 2 aliphatic rings. The van der Waals surface area contributed by atoms with Crippen LogP contribution in [0.15, 0.2) is 18.2 Å². The predicted molar refractivity (Wildman–Crippen MR) is 81.6 cm³/mol.